The lowest BCUT2D eigenvalue weighted by Crippen LogP contribution is -2.43. The van der Waals surface area contributed by atoms with Crippen LogP contribution < -0.4 is 5.32 Å². The zero-order valence-electron chi connectivity index (χ0n) is 10.3. The molecule has 0 aromatic rings. The Hall–Kier alpha value is -1.32. The van der Waals surface area contributed by atoms with Gasteiger partial charge in [-0.05, 0) is 19.3 Å². The second kappa shape index (κ2) is 7.91. The summed E-state index contributed by atoms with van der Waals surface area (Å²) in [4.78, 5) is 22.9. The molecule has 0 saturated carbocycles. The quantitative estimate of drug-likeness (QED) is 0.409. The Morgan fingerprint density at radius 2 is 2.06 bits per heavy atom. The van der Waals surface area contributed by atoms with Crippen molar-refractivity contribution in [3.63, 3.8) is 0 Å². The van der Waals surface area contributed by atoms with Crippen LogP contribution in [0.3, 0.4) is 0 Å². The fourth-order valence-corrected chi connectivity index (χ4v) is 1.20. The van der Waals surface area contributed by atoms with Crippen LogP contribution in [-0.2, 0) is 14.3 Å². The molecule has 0 aliphatic heterocycles. The smallest absolute Gasteiger partial charge is 0.328 e. The van der Waals surface area contributed by atoms with E-state index in [1.165, 1.54) is 7.11 Å². The Morgan fingerprint density at radius 1 is 1.44 bits per heavy atom. The third kappa shape index (κ3) is 5.53. The minimum atomic E-state index is -0.542. The largest absolute Gasteiger partial charge is 0.467 e. The molecule has 0 aromatic heterocycles. The number of methoxy groups -OCH3 is 1. The molecule has 0 aliphatic carbocycles. The normalized spacial score (nSPS) is 12.0. The predicted octanol–water partition coefficient (Wildman–Crippen LogP) is 1.66. The highest BCUT2D eigenvalue weighted by atomic mass is 16.5. The number of carbonyl (C=O) groups is 2. The Morgan fingerprint density at radius 3 is 2.50 bits per heavy atom. The van der Waals surface area contributed by atoms with Crippen molar-refractivity contribution in [1.29, 1.82) is 0 Å². The van der Waals surface area contributed by atoms with E-state index in [1.54, 1.807) is 19.9 Å². The van der Waals surface area contributed by atoms with Gasteiger partial charge in [0.15, 0.2) is 0 Å². The van der Waals surface area contributed by atoms with Crippen LogP contribution in [0.15, 0.2) is 12.7 Å². The fourth-order valence-electron chi connectivity index (χ4n) is 1.20. The maximum absolute atomic E-state index is 11.5. The van der Waals surface area contributed by atoms with Crippen molar-refractivity contribution in [3.05, 3.63) is 12.7 Å². The summed E-state index contributed by atoms with van der Waals surface area (Å²) < 4.78 is 4.64. The molecule has 1 amide bonds. The molecule has 0 saturated heterocycles. The molecule has 0 fully saturated rings. The summed E-state index contributed by atoms with van der Waals surface area (Å²) in [6, 6.07) is -0.542. The van der Waals surface area contributed by atoms with E-state index in [0.29, 0.717) is 6.42 Å². The molecule has 0 aromatic carbocycles. The third-order valence-corrected chi connectivity index (χ3v) is 2.23. The summed E-state index contributed by atoms with van der Waals surface area (Å²) in [6.07, 6.45) is 4.00. The Labute approximate surface area is 97.1 Å². The minimum Gasteiger partial charge on any atom is -0.467 e. The first-order chi connectivity index (χ1) is 7.52. The zero-order chi connectivity index (χ0) is 12.6. The first-order valence-electron chi connectivity index (χ1n) is 5.52. The summed E-state index contributed by atoms with van der Waals surface area (Å²) in [7, 11) is 1.32. The van der Waals surface area contributed by atoms with Gasteiger partial charge in [0.05, 0.1) is 7.11 Å². The summed E-state index contributed by atoms with van der Waals surface area (Å²) >= 11 is 0. The van der Waals surface area contributed by atoms with E-state index >= 15 is 0 Å². The van der Waals surface area contributed by atoms with E-state index in [9.17, 15) is 9.59 Å². The average Bonchev–Trinajstić information content (AvgIpc) is 2.26. The lowest BCUT2D eigenvalue weighted by atomic mass is 10.1. The molecule has 4 heteroatoms. The fraction of sp³-hybridized carbons (Fsp3) is 0.667. The number of hydrogen-bond acceptors (Lipinski definition) is 3. The van der Waals surface area contributed by atoms with E-state index in [0.717, 1.165) is 12.8 Å². The van der Waals surface area contributed by atoms with Crippen molar-refractivity contribution in [2.24, 2.45) is 5.92 Å². The van der Waals surface area contributed by atoms with Gasteiger partial charge in [0.25, 0.3) is 0 Å². The van der Waals surface area contributed by atoms with Gasteiger partial charge < -0.3 is 10.1 Å². The lowest BCUT2D eigenvalue weighted by Gasteiger charge is -2.17. The second-order valence-electron chi connectivity index (χ2n) is 3.96. The highest BCUT2D eigenvalue weighted by Gasteiger charge is 2.21. The van der Waals surface area contributed by atoms with Gasteiger partial charge in [0.1, 0.15) is 6.04 Å². The van der Waals surface area contributed by atoms with Gasteiger partial charge in [-0.1, -0.05) is 19.9 Å². The number of nitrogens with one attached hydrogen (secondary N) is 1. The van der Waals surface area contributed by atoms with Gasteiger partial charge >= 0.3 is 5.97 Å². The van der Waals surface area contributed by atoms with Crippen molar-refractivity contribution in [2.75, 3.05) is 7.11 Å². The van der Waals surface area contributed by atoms with Crippen molar-refractivity contribution in [2.45, 2.75) is 39.2 Å². The summed E-state index contributed by atoms with van der Waals surface area (Å²) in [6.45, 7) is 7.18. The molecule has 16 heavy (non-hydrogen) atoms. The number of esters is 1. The van der Waals surface area contributed by atoms with Crippen molar-refractivity contribution in [3.8, 4) is 0 Å². The van der Waals surface area contributed by atoms with Crippen molar-refractivity contribution < 1.29 is 14.3 Å². The molecule has 0 aliphatic rings. The number of rotatable bonds is 7. The van der Waals surface area contributed by atoms with Crippen LogP contribution in [0, 0.1) is 5.92 Å². The summed E-state index contributed by atoms with van der Waals surface area (Å²) in [5.41, 5.74) is 0. The first-order valence-corrected chi connectivity index (χ1v) is 5.52. The average molecular weight is 227 g/mol. The molecule has 0 bridgehead atoms. The van der Waals surface area contributed by atoms with Gasteiger partial charge in [0, 0.05) is 5.92 Å². The monoisotopic (exact) mass is 227 g/mol. The van der Waals surface area contributed by atoms with E-state index in [2.05, 4.69) is 16.6 Å². The van der Waals surface area contributed by atoms with Crippen LogP contribution >= 0.6 is 0 Å². The Kier molecular flexibility index (Phi) is 7.25. The molecule has 0 unspecified atom stereocenters. The van der Waals surface area contributed by atoms with Gasteiger partial charge in [-0.15, -0.1) is 6.58 Å². The summed E-state index contributed by atoms with van der Waals surface area (Å²) in [5, 5.41) is 2.68. The lowest BCUT2D eigenvalue weighted by molar-refractivity contribution is -0.145. The van der Waals surface area contributed by atoms with Crippen LogP contribution in [0.1, 0.15) is 33.1 Å². The van der Waals surface area contributed by atoms with Crippen molar-refractivity contribution >= 4 is 11.9 Å². The van der Waals surface area contributed by atoms with Gasteiger partial charge in [-0.25, -0.2) is 4.79 Å². The van der Waals surface area contributed by atoms with Crippen molar-refractivity contribution in [1.82, 2.24) is 5.32 Å². The van der Waals surface area contributed by atoms with E-state index in [4.69, 9.17) is 0 Å². The topological polar surface area (TPSA) is 55.4 Å². The number of unbranched alkanes of at least 4 members (excludes halogenated alkanes) is 1. The molecule has 1 N–H and O–H groups in total. The number of hydrogen-bond donors (Lipinski definition) is 1. The molecule has 0 radical (unpaired) electrons. The van der Waals surface area contributed by atoms with Crippen LogP contribution in [0.2, 0.25) is 0 Å². The highest BCUT2D eigenvalue weighted by molar-refractivity contribution is 5.85. The predicted molar refractivity (Wildman–Crippen MR) is 62.8 cm³/mol. The SMILES string of the molecule is C=CCCC[C@@H](NC(=O)C(C)C)C(=O)OC. The van der Waals surface area contributed by atoms with Gasteiger partial charge in [-0.2, -0.15) is 0 Å². The van der Waals surface area contributed by atoms with Crippen LogP contribution in [-0.4, -0.2) is 25.0 Å². The Balaban J connectivity index is 4.25. The molecular weight excluding hydrogens is 206 g/mol. The third-order valence-electron chi connectivity index (χ3n) is 2.23. The molecular formula is C12H21NO3. The Bertz CT molecular complexity index is 249. The number of ether oxygens (including phenoxy) is 1. The van der Waals surface area contributed by atoms with E-state index in [-0.39, 0.29) is 11.8 Å². The summed E-state index contributed by atoms with van der Waals surface area (Å²) in [5.74, 6) is -0.654. The van der Waals surface area contributed by atoms with Crippen LogP contribution in [0.5, 0.6) is 0 Å². The molecule has 1 atom stereocenters. The second-order valence-corrected chi connectivity index (χ2v) is 3.96. The van der Waals surface area contributed by atoms with E-state index < -0.39 is 12.0 Å². The molecule has 0 rings (SSSR count). The molecule has 4 nitrogen and oxygen atoms in total. The number of allylic oxidation sites excluding steroid dienone is 1. The van der Waals surface area contributed by atoms with Crippen LogP contribution in [0.25, 0.3) is 0 Å². The molecule has 92 valence electrons. The number of amides is 1. The molecule has 0 heterocycles. The standard InChI is InChI=1S/C12H21NO3/c1-5-6-7-8-10(12(15)16-4)13-11(14)9(2)3/h5,9-10H,1,6-8H2,2-4H3,(H,13,14)/t10-/m1/s1. The minimum absolute atomic E-state index is 0.131. The van der Waals surface area contributed by atoms with Gasteiger partial charge in [0.2, 0.25) is 5.91 Å². The maximum atomic E-state index is 11.5. The number of carbonyl (C=O) groups excluding carboxylic acids is 2. The highest BCUT2D eigenvalue weighted by Crippen LogP contribution is 2.05. The van der Waals surface area contributed by atoms with Crippen LogP contribution in [0.4, 0.5) is 0 Å². The molecule has 0 spiro atoms. The van der Waals surface area contributed by atoms with Gasteiger partial charge in [-0.3, -0.25) is 4.79 Å². The zero-order valence-corrected chi connectivity index (χ0v) is 10.3. The first kappa shape index (κ1) is 14.7. The van der Waals surface area contributed by atoms with E-state index in [1.807, 2.05) is 0 Å². The maximum Gasteiger partial charge on any atom is 0.328 e.